The highest BCUT2D eigenvalue weighted by Gasteiger charge is 2.16. The lowest BCUT2D eigenvalue weighted by atomic mass is 10.1. The molecule has 4 heteroatoms. The van der Waals surface area contributed by atoms with Crippen LogP contribution in [0.4, 0.5) is 0 Å². The molecule has 1 aliphatic rings. The third-order valence-electron chi connectivity index (χ3n) is 2.67. The van der Waals surface area contributed by atoms with Crippen LogP contribution >= 0.6 is 0 Å². The summed E-state index contributed by atoms with van der Waals surface area (Å²) in [5, 5.41) is 3.26. The lowest BCUT2D eigenvalue weighted by Gasteiger charge is -2.23. The van der Waals surface area contributed by atoms with Gasteiger partial charge in [0.2, 0.25) is 5.43 Å². The molecule has 1 aromatic heterocycles. The van der Waals surface area contributed by atoms with Crippen molar-refractivity contribution in [3.63, 3.8) is 0 Å². The number of nitrogens with one attached hydrogen (secondary N) is 2. The summed E-state index contributed by atoms with van der Waals surface area (Å²) >= 11 is 0. The van der Waals surface area contributed by atoms with E-state index in [9.17, 15) is 4.79 Å². The number of ether oxygens (including phenoxy) is 1. The van der Waals surface area contributed by atoms with E-state index in [1.807, 2.05) is 6.92 Å². The molecule has 82 valence electrons. The van der Waals surface area contributed by atoms with Gasteiger partial charge in [-0.05, 0) is 32.9 Å². The minimum atomic E-state index is -0.0372. The average molecular weight is 208 g/mol. The Morgan fingerprint density at radius 3 is 2.80 bits per heavy atom. The maximum Gasteiger partial charge on any atom is 0.223 e. The minimum Gasteiger partial charge on any atom is -0.484 e. The highest BCUT2D eigenvalue weighted by Crippen LogP contribution is 2.14. The first-order valence-corrected chi connectivity index (χ1v) is 5.33. The smallest absolute Gasteiger partial charge is 0.223 e. The van der Waals surface area contributed by atoms with Crippen LogP contribution in [-0.4, -0.2) is 24.2 Å². The predicted octanol–water partition coefficient (Wildman–Crippen LogP) is 0.814. The first kappa shape index (κ1) is 10.2. The second-order valence-corrected chi connectivity index (χ2v) is 3.86. The molecule has 0 aromatic carbocycles. The van der Waals surface area contributed by atoms with Gasteiger partial charge in [0.05, 0.1) is 5.69 Å². The predicted molar refractivity (Wildman–Crippen MR) is 58.3 cm³/mol. The topological polar surface area (TPSA) is 54.1 Å². The molecule has 0 bridgehead atoms. The third-order valence-corrected chi connectivity index (χ3v) is 2.67. The molecule has 0 amide bonds. The average Bonchev–Trinajstić information content (AvgIpc) is 2.25. The number of piperidine rings is 1. The summed E-state index contributed by atoms with van der Waals surface area (Å²) in [6, 6.07) is 1.50. The molecule has 1 saturated heterocycles. The van der Waals surface area contributed by atoms with Crippen LogP contribution in [0.2, 0.25) is 0 Å². The first-order chi connectivity index (χ1) is 7.27. The number of pyridine rings is 1. The lowest BCUT2D eigenvalue weighted by molar-refractivity contribution is 0.159. The SMILES string of the molecule is Cc1[nH]ccc(=O)c1OC1CCNCC1. The Morgan fingerprint density at radius 1 is 1.40 bits per heavy atom. The standard InChI is InChI=1S/C11H16N2O2/c1-8-11(10(14)4-7-13-8)15-9-2-5-12-6-3-9/h4,7,9,12H,2-3,5-6H2,1H3,(H,13,14). The van der Waals surface area contributed by atoms with Crippen LogP contribution in [0.1, 0.15) is 18.5 Å². The molecule has 2 rings (SSSR count). The molecule has 2 heterocycles. The molecule has 4 nitrogen and oxygen atoms in total. The summed E-state index contributed by atoms with van der Waals surface area (Å²) in [7, 11) is 0. The third kappa shape index (κ3) is 2.39. The van der Waals surface area contributed by atoms with Crippen molar-refractivity contribution < 1.29 is 4.74 Å². The van der Waals surface area contributed by atoms with Crippen LogP contribution < -0.4 is 15.5 Å². The van der Waals surface area contributed by atoms with Gasteiger partial charge in [0.1, 0.15) is 6.10 Å². The van der Waals surface area contributed by atoms with Gasteiger partial charge in [0.25, 0.3) is 0 Å². The zero-order chi connectivity index (χ0) is 10.7. The first-order valence-electron chi connectivity index (χ1n) is 5.33. The molecule has 0 radical (unpaired) electrons. The summed E-state index contributed by atoms with van der Waals surface area (Å²) in [6.45, 7) is 3.79. The van der Waals surface area contributed by atoms with E-state index in [1.54, 1.807) is 6.20 Å². The summed E-state index contributed by atoms with van der Waals surface area (Å²) in [4.78, 5) is 14.5. The number of aromatic nitrogens is 1. The Labute approximate surface area is 88.7 Å². The number of aromatic amines is 1. The van der Waals surface area contributed by atoms with Crippen LogP contribution in [0.15, 0.2) is 17.1 Å². The Hall–Kier alpha value is -1.29. The highest BCUT2D eigenvalue weighted by atomic mass is 16.5. The number of hydrogen-bond acceptors (Lipinski definition) is 3. The van der Waals surface area contributed by atoms with Gasteiger partial charge in [0.15, 0.2) is 5.75 Å². The minimum absolute atomic E-state index is 0.0372. The number of aryl methyl sites for hydroxylation is 1. The molecular weight excluding hydrogens is 192 g/mol. The number of rotatable bonds is 2. The molecule has 1 aliphatic heterocycles. The molecular formula is C11H16N2O2. The molecule has 0 unspecified atom stereocenters. The van der Waals surface area contributed by atoms with E-state index in [0.29, 0.717) is 5.75 Å². The molecule has 2 N–H and O–H groups in total. The Balaban J connectivity index is 2.12. The van der Waals surface area contributed by atoms with Crippen LogP contribution in [0, 0.1) is 6.92 Å². The van der Waals surface area contributed by atoms with Crippen LogP contribution in [0.25, 0.3) is 0 Å². The van der Waals surface area contributed by atoms with Gasteiger partial charge in [0, 0.05) is 12.3 Å². The zero-order valence-electron chi connectivity index (χ0n) is 8.88. The van der Waals surface area contributed by atoms with Crippen molar-refractivity contribution in [3.8, 4) is 5.75 Å². The fraction of sp³-hybridized carbons (Fsp3) is 0.545. The monoisotopic (exact) mass is 208 g/mol. The van der Waals surface area contributed by atoms with E-state index >= 15 is 0 Å². The van der Waals surface area contributed by atoms with Crippen molar-refractivity contribution >= 4 is 0 Å². The normalized spacial score (nSPS) is 17.7. The van der Waals surface area contributed by atoms with E-state index in [-0.39, 0.29) is 11.5 Å². The second kappa shape index (κ2) is 4.49. The van der Waals surface area contributed by atoms with E-state index in [4.69, 9.17) is 4.74 Å². The van der Waals surface area contributed by atoms with Gasteiger partial charge >= 0.3 is 0 Å². The number of H-pyrrole nitrogens is 1. The zero-order valence-corrected chi connectivity index (χ0v) is 8.88. The van der Waals surface area contributed by atoms with Gasteiger partial charge < -0.3 is 15.0 Å². The van der Waals surface area contributed by atoms with Gasteiger partial charge in [-0.3, -0.25) is 4.79 Å². The molecule has 0 atom stereocenters. The van der Waals surface area contributed by atoms with Gasteiger partial charge in [-0.25, -0.2) is 0 Å². The van der Waals surface area contributed by atoms with Crippen molar-refractivity contribution in [2.75, 3.05) is 13.1 Å². The van der Waals surface area contributed by atoms with Crippen molar-refractivity contribution in [1.82, 2.24) is 10.3 Å². The fourth-order valence-electron chi connectivity index (χ4n) is 1.79. The molecule has 1 aromatic rings. The van der Waals surface area contributed by atoms with E-state index in [1.165, 1.54) is 6.07 Å². The largest absolute Gasteiger partial charge is 0.484 e. The van der Waals surface area contributed by atoms with Gasteiger partial charge in [-0.1, -0.05) is 0 Å². The lowest BCUT2D eigenvalue weighted by Crippen LogP contribution is -2.35. The Morgan fingerprint density at radius 2 is 2.13 bits per heavy atom. The quantitative estimate of drug-likeness (QED) is 0.756. The van der Waals surface area contributed by atoms with E-state index < -0.39 is 0 Å². The van der Waals surface area contributed by atoms with Crippen molar-refractivity contribution in [2.24, 2.45) is 0 Å². The fourth-order valence-corrected chi connectivity index (χ4v) is 1.79. The van der Waals surface area contributed by atoms with Crippen LogP contribution in [0.3, 0.4) is 0 Å². The summed E-state index contributed by atoms with van der Waals surface area (Å²) in [5.74, 6) is 0.476. The molecule has 0 aliphatic carbocycles. The maximum absolute atomic E-state index is 11.6. The summed E-state index contributed by atoms with van der Waals surface area (Å²) in [6.07, 6.45) is 3.75. The van der Waals surface area contributed by atoms with Crippen molar-refractivity contribution in [1.29, 1.82) is 0 Å². The van der Waals surface area contributed by atoms with Crippen LogP contribution in [-0.2, 0) is 0 Å². The van der Waals surface area contributed by atoms with Gasteiger partial charge in [-0.2, -0.15) is 0 Å². The highest BCUT2D eigenvalue weighted by molar-refractivity contribution is 5.25. The second-order valence-electron chi connectivity index (χ2n) is 3.86. The maximum atomic E-state index is 11.6. The molecule has 1 fully saturated rings. The Bertz CT molecular complexity index is 380. The van der Waals surface area contributed by atoms with E-state index in [0.717, 1.165) is 31.6 Å². The van der Waals surface area contributed by atoms with Gasteiger partial charge in [-0.15, -0.1) is 0 Å². The molecule has 0 saturated carbocycles. The van der Waals surface area contributed by atoms with Crippen molar-refractivity contribution in [3.05, 3.63) is 28.2 Å². The van der Waals surface area contributed by atoms with Crippen molar-refractivity contribution in [2.45, 2.75) is 25.9 Å². The summed E-state index contributed by atoms with van der Waals surface area (Å²) in [5.41, 5.74) is 0.769. The number of hydrogen-bond donors (Lipinski definition) is 2. The van der Waals surface area contributed by atoms with Crippen LogP contribution in [0.5, 0.6) is 5.75 Å². The summed E-state index contributed by atoms with van der Waals surface area (Å²) < 4.78 is 5.73. The molecule has 15 heavy (non-hydrogen) atoms. The Kier molecular flexibility index (Phi) is 3.06. The van der Waals surface area contributed by atoms with E-state index in [2.05, 4.69) is 10.3 Å². The molecule has 0 spiro atoms.